The zero-order valence-corrected chi connectivity index (χ0v) is 11.9. The van der Waals surface area contributed by atoms with Crippen molar-refractivity contribution in [3.8, 4) is 0 Å². The lowest BCUT2D eigenvalue weighted by Crippen LogP contribution is -2.43. The van der Waals surface area contributed by atoms with Crippen LogP contribution in [0.15, 0.2) is 18.2 Å². The average Bonchev–Trinajstić information content (AvgIpc) is 2.28. The van der Waals surface area contributed by atoms with Crippen LogP contribution >= 0.6 is 0 Å². The molecule has 2 rings (SSSR count). The largest absolute Gasteiger partial charge is 0.396 e. The first-order valence-corrected chi connectivity index (χ1v) is 6.90. The maximum atomic E-state index is 9.52. The minimum absolute atomic E-state index is 0.187. The third kappa shape index (κ3) is 2.93. The van der Waals surface area contributed by atoms with Gasteiger partial charge in [0.1, 0.15) is 0 Å². The second-order valence-corrected chi connectivity index (χ2v) is 6.11. The van der Waals surface area contributed by atoms with E-state index >= 15 is 0 Å². The number of aliphatic hydroxyl groups is 1. The summed E-state index contributed by atoms with van der Waals surface area (Å²) < 4.78 is 0. The van der Waals surface area contributed by atoms with Crippen molar-refractivity contribution in [2.24, 2.45) is 5.41 Å². The molecule has 1 N–H and O–H groups in total. The Balaban J connectivity index is 1.98. The quantitative estimate of drug-likeness (QED) is 0.865. The fraction of sp³-hybridized carbons (Fsp3) is 0.625. The topological polar surface area (TPSA) is 23.5 Å². The maximum Gasteiger partial charge on any atom is 0.0499 e. The van der Waals surface area contributed by atoms with E-state index in [1.54, 1.807) is 0 Å². The van der Waals surface area contributed by atoms with E-state index in [9.17, 15) is 5.11 Å². The summed E-state index contributed by atoms with van der Waals surface area (Å²) in [6, 6.07) is 6.64. The summed E-state index contributed by atoms with van der Waals surface area (Å²) in [6.45, 7) is 6.65. The summed E-state index contributed by atoms with van der Waals surface area (Å²) in [5, 5.41) is 9.52. The lowest BCUT2D eigenvalue weighted by atomic mass is 9.69. The highest BCUT2D eigenvalue weighted by atomic mass is 16.3. The molecule has 0 aromatic heterocycles. The van der Waals surface area contributed by atoms with Gasteiger partial charge >= 0.3 is 0 Å². The number of rotatable bonds is 5. The van der Waals surface area contributed by atoms with Crippen LogP contribution in [0.1, 0.15) is 36.0 Å². The van der Waals surface area contributed by atoms with Gasteiger partial charge in [0.2, 0.25) is 0 Å². The number of hydrogen-bond acceptors (Lipinski definition) is 2. The Morgan fingerprint density at radius 1 is 1.28 bits per heavy atom. The zero-order valence-electron chi connectivity index (χ0n) is 11.9. The minimum atomic E-state index is 0.187. The molecule has 0 aliphatic heterocycles. The Morgan fingerprint density at radius 2 is 2.00 bits per heavy atom. The van der Waals surface area contributed by atoms with Crippen LogP contribution in [-0.4, -0.2) is 30.2 Å². The van der Waals surface area contributed by atoms with Crippen LogP contribution in [0, 0.1) is 19.3 Å². The monoisotopic (exact) mass is 247 g/mol. The molecule has 100 valence electrons. The molecular formula is C16H25NO. The molecular weight excluding hydrogens is 222 g/mol. The van der Waals surface area contributed by atoms with Gasteiger partial charge < -0.3 is 10.0 Å². The Labute approximate surface area is 111 Å². The lowest BCUT2D eigenvalue weighted by molar-refractivity contribution is 0.0127. The van der Waals surface area contributed by atoms with E-state index in [4.69, 9.17) is 0 Å². The molecule has 0 bridgehead atoms. The van der Waals surface area contributed by atoms with Crippen molar-refractivity contribution in [1.82, 2.24) is 4.90 Å². The molecule has 0 amide bonds. The molecule has 1 aromatic rings. The Kier molecular flexibility index (Phi) is 4.08. The first-order valence-electron chi connectivity index (χ1n) is 6.90. The van der Waals surface area contributed by atoms with Crippen molar-refractivity contribution in [3.63, 3.8) is 0 Å². The van der Waals surface area contributed by atoms with Gasteiger partial charge in [0, 0.05) is 25.1 Å². The number of nitrogens with zero attached hydrogens (tertiary/aromatic N) is 1. The molecule has 1 saturated carbocycles. The number of aliphatic hydroxyl groups excluding tert-OH is 1. The van der Waals surface area contributed by atoms with Crippen molar-refractivity contribution >= 4 is 0 Å². The molecule has 0 heterocycles. The van der Waals surface area contributed by atoms with E-state index in [0.717, 1.165) is 13.1 Å². The predicted molar refractivity (Wildman–Crippen MR) is 75.6 cm³/mol. The van der Waals surface area contributed by atoms with Gasteiger partial charge in [-0.3, -0.25) is 0 Å². The molecule has 0 unspecified atom stereocenters. The summed E-state index contributed by atoms with van der Waals surface area (Å²) in [4.78, 5) is 2.36. The number of aryl methyl sites for hydroxylation is 2. The normalized spacial score (nSPS) is 17.8. The Morgan fingerprint density at radius 3 is 2.56 bits per heavy atom. The maximum absolute atomic E-state index is 9.52. The van der Waals surface area contributed by atoms with Crippen LogP contribution in [0.3, 0.4) is 0 Å². The van der Waals surface area contributed by atoms with Crippen molar-refractivity contribution < 1.29 is 5.11 Å². The molecule has 1 aliphatic carbocycles. The second kappa shape index (κ2) is 5.41. The van der Waals surface area contributed by atoms with Crippen LogP contribution in [0.5, 0.6) is 0 Å². The van der Waals surface area contributed by atoms with Crippen LogP contribution in [0.4, 0.5) is 0 Å². The Bertz CT molecular complexity index is 404. The highest BCUT2D eigenvalue weighted by Crippen LogP contribution is 2.41. The first kappa shape index (κ1) is 13.6. The highest BCUT2D eigenvalue weighted by molar-refractivity contribution is 5.30. The van der Waals surface area contributed by atoms with Gasteiger partial charge in [0.05, 0.1) is 0 Å². The highest BCUT2D eigenvalue weighted by Gasteiger charge is 2.37. The second-order valence-electron chi connectivity index (χ2n) is 6.11. The van der Waals surface area contributed by atoms with Crippen LogP contribution < -0.4 is 0 Å². The van der Waals surface area contributed by atoms with Gasteiger partial charge in [-0.25, -0.2) is 0 Å². The summed E-state index contributed by atoms with van der Waals surface area (Å²) in [7, 11) is 2.16. The first-order chi connectivity index (χ1) is 8.54. The molecule has 2 heteroatoms. The van der Waals surface area contributed by atoms with Crippen molar-refractivity contribution in [2.45, 2.75) is 39.7 Å². The van der Waals surface area contributed by atoms with Gasteiger partial charge in [0.25, 0.3) is 0 Å². The van der Waals surface area contributed by atoms with E-state index in [1.807, 2.05) is 0 Å². The molecule has 0 atom stereocenters. The van der Waals surface area contributed by atoms with Crippen LogP contribution in [0.25, 0.3) is 0 Å². The van der Waals surface area contributed by atoms with E-state index in [2.05, 4.69) is 44.0 Å². The SMILES string of the molecule is Cc1ccc(C)c(CN(C)CC2(CO)CCC2)c1. The average molecular weight is 247 g/mol. The fourth-order valence-corrected chi connectivity index (χ4v) is 2.93. The molecule has 1 fully saturated rings. The van der Waals surface area contributed by atoms with E-state index in [0.29, 0.717) is 6.61 Å². The molecule has 0 saturated heterocycles. The van der Waals surface area contributed by atoms with Crippen LogP contribution in [-0.2, 0) is 6.54 Å². The summed E-state index contributed by atoms with van der Waals surface area (Å²) in [5.74, 6) is 0. The van der Waals surface area contributed by atoms with Gasteiger partial charge in [-0.1, -0.05) is 30.2 Å². The summed E-state index contributed by atoms with van der Waals surface area (Å²) in [6.07, 6.45) is 3.64. The number of hydrogen-bond donors (Lipinski definition) is 1. The molecule has 2 nitrogen and oxygen atoms in total. The fourth-order valence-electron chi connectivity index (χ4n) is 2.93. The van der Waals surface area contributed by atoms with Crippen LogP contribution in [0.2, 0.25) is 0 Å². The number of benzene rings is 1. The van der Waals surface area contributed by atoms with E-state index in [1.165, 1.54) is 36.0 Å². The minimum Gasteiger partial charge on any atom is -0.396 e. The standard InChI is InChI=1S/C16H25NO/c1-13-5-6-14(2)15(9-13)10-17(3)11-16(12-18)7-4-8-16/h5-6,9,18H,4,7-8,10-12H2,1-3H3. The van der Waals surface area contributed by atoms with Gasteiger partial charge in [-0.05, 0) is 44.9 Å². The Hall–Kier alpha value is -0.860. The predicted octanol–water partition coefficient (Wildman–Crippen LogP) is 2.90. The van der Waals surface area contributed by atoms with Gasteiger partial charge in [0.15, 0.2) is 0 Å². The summed E-state index contributed by atoms with van der Waals surface area (Å²) in [5.41, 5.74) is 4.28. The van der Waals surface area contributed by atoms with Gasteiger partial charge in [-0.15, -0.1) is 0 Å². The molecule has 0 radical (unpaired) electrons. The summed E-state index contributed by atoms with van der Waals surface area (Å²) >= 11 is 0. The lowest BCUT2D eigenvalue weighted by Gasteiger charge is -2.43. The van der Waals surface area contributed by atoms with Crippen molar-refractivity contribution in [1.29, 1.82) is 0 Å². The van der Waals surface area contributed by atoms with E-state index < -0.39 is 0 Å². The molecule has 1 aromatic carbocycles. The zero-order chi connectivity index (χ0) is 13.2. The van der Waals surface area contributed by atoms with Crippen molar-refractivity contribution in [3.05, 3.63) is 34.9 Å². The van der Waals surface area contributed by atoms with Crippen molar-refractivity contribution in [2.75, 3.05) is 20.2 Å². The van der Waals surface area contributed by atoms with E-state index in [-0.39, 0.29) is 5.41 Å². The smallest absolute Gasteiger partial charge is 0.0499 e. The third-order valence-corrected chi connectivity index (χ3v) is 4.30. The van der Waals surface area contributed by atoms with Gasteiger partial charge in [-0.2, -0.15) is 0 Å². The molecule has 1 aliphatic rings. The molecule has 0 spiro atoms. The molecule has 18 heavy (non-hydrogen) atoms. The third-order valence-electron chi connectivity index (χ3n) is 4.30.